The third-order valence-electron chi connectivity index (χ3n) is 7.22. The molecule has 0 saturated carbocycles. The zero-order valence-corrected chi connectivity index (χ0v) is 20.7. The van der Waals surface area contributed by atoms with Crippen LogP contribution in [0.25, 0.3) is 0 Å². The van der Waals surface area contributed by atoms with Crippen molar-refractivity contribution in [2.75, 3.05) is 18.0 Å². The molecule has 2 heterocycles. The number of aliphatic carboxylic acids is 1. The van der Waals surface area contributed by atoms with E-state index in [4.69, 9.17) is 0 Å². The highest BCUT2D eigenvalue weighted by atomic mass is 19.2. The van der Waals surface area contributed by atoms with Crippen LogP contribution in [0.15, 0.2) is 66.3 Å². The Labute approximate surface area is 210 Å². The number of carbonyl (C=O) groups is 2. The van der Waals surface area contributed by atoms with Crippen molar-refractivity contribution in [3.05, 3.63) is 89.0 Å². The Morgan fingerprint density at radius 3 is 2.47 bits per heavy atom. The smallest absolute Gasteiger partial charge is 0.326 e. The fourth-order valence-corrected chi connectivity index (χ4v) is 5.50. The van der Waals surface area contributed by atoms with Crippen molar-refractivity contribution < 1.29 is 23.5 Å². The second-order valence-electron chi connectivity index (χ2n) is 9.41. The summed E-state index contributed by atoms with van der Waals surface area (Å²) in [5, 5.41) is 10.1. The van der Waals surface area contributed by atoms with E-state index >= 15 is 0 Å². The van der Waals surface area contributed by atoms with E-state index in [9.17, 15) is 23.5 Å². The Bertz CT molecular complexity index is 1180. The van der Waals surface area contributed by atoms with Gasteiger partial charge in [0.05, 0.1) is 5.92 Å². The summed E-state index contributed by atoms with van der Waals surface area (Å²) < 4.78 is 28.2. The number of likely N-dealkylation sites (tertiary alicyclic amines) is 1. The summed E-state index contributed by atoms with van der Waals surface area (Å²) in [6, 6.07) is 10.5. The maximum Gasteiger partial charge on any atom is 0.326 e. The number of hydrogen-bond acceptors (Lipinski definition) is 3. The first-order chi connectivity index (χ1) is 17.3. The van der Waals surface area contributed by atoms with E-state index in [1.807, 2.05) is 67.3 Å². The summed E-state index contributed by atoms with van der Waals surface area (Å²) >= 11 is 0. The zero-order chi connectivity index (χ0) is 25.8. The number of hydrogen-bond donors (Lipinski definition) is 1. The van der Waals surface area contributed by atoms with Gasteiger partial charge in [0, 0.05) is 37.3 Å². The molecule has 0 radical (unpaired) electrons. The molecule has 1 amide bonds. The maximum absolute atomic E-state index is 14.2. The number of carbonyl (C=O) groups excluding carboxylic acids is 1. The summed E-state index contributed by atoms with van der Waals surface area (Å²) in [7, 11) is 0. The second-order valence-corrected chi connectivity index (χ2v) is 9.41. The minimum atomic E-state index is -1.06. The number of benzene rings is 2. The van der Waals surface area contributed by atoms with Gasteiger partial charge in [0.25, 0.3) is 0 Å². The number of amides is 1. The van der Waals surface area contributed by atoms with Crippen molar-refractivity contribution in [3.8, 4) is 0 Å². The molecule has 2 aliphatic heterocycles. The van der Waals surface area contributed by atoms with Crippen molar-refractivity contribution >= 4 is 17.6 Å². The Morgan fingerprint density at radius 2 is 1.81 bits per heavy atom. The van der Waals surface area contributed by atoms with Gasteiger partial charge in [0.2, 0.25) is 5.91 Å². The van der Waals surface area contributed by atoms with Crippen molar-refractivity contribution in [3.63, 3.8) is 0 Å². The van der Waals surface area contributed by atoms with Crippen LogP contribution < -0.4 is 4.90 Å². The molecule has 190 valence electrons. The van der Waals surface area contributed by atoms with Crippen molar-refractivity contribution in [1.82, 2.24) is 4.90 Å². The molecule has 3 unspecified atom stereocenters. The fraction of sp³-hybridized carbons (Fsp3) is 0.379. The van der Waals surface area contributed by atoms with Crippen LogP contribution in [0.1, 0.15) is 50.2 Å². The maximum atomic E-state index is 14.2. The van der Waals surface area contributed by atoms with Gasteiger partial charge in [-0.15, -0.1) is 0 Å². The van der Waals surface area contributed by atoms with E-state index in [1.54, 1.807) is 0 Å². The number of allylic oxidation sites excluding steroid dienone is 3. The van der Waals surface area contributed by atoms with Gasteiger partial charge in [-0.05, 0) is 55.9 Å². The van der Waals surface area contributed by atoms with Gasteiger partial charge in [-0.2, -0.15) is 0 Å². The lowest BCUT2D eigenvalue weighted by Gasteiger charge is -2.32. The lowest BCUT2D eigenvalue weighted by Crippen LogP contribution is -2.44. The summed E-state index contributed by atoms with van der Waals surface area (Å²) in [5.41, 5.74) is 2.89. The van der Waals surface area contributed by atoms with E-state index in [-0.39, 0.29) is 24.9 Å². The first-order valence-electron chi connectivity index (χ1n) is 12.5. The Balaban J connectivity index is 1.70. The third kappa shape index (κ3) is 5.06. The monoisotopic (exact) mass is 494 g/mol. The lowest BCUT2D eigenvalue weighted by atomic mass is 9.89. The van der Waals surface area contributed by atoms with Crippen molar-refractivity contribution in [2.24, 2.45) is 0 Å². The van der Waals surface area contributed by atoms with Gasteiger partial charge in [-0.3, -0.25) is 4.79 Å². The van der Waals surface area contributed by atoms with Crippen LogP contribution >= 0.6 is 0 Å². The molecule has 5 nitrogen and oxygen atoms in total. The molecule has 36 heavy (non-hydrogen) atoms. The van der Waals surface area contributed by atoms with Crippen LogP contribution in [-0.4, -0.2) is 47.1 Å². The average Bonchev–Trinajstić information content (AvgIpc) is 3.22. The zero-order valence-electron chi connectivity index (χ0n) is 20.7. The standard InChI is InChI=1S/C29H32F2N2O3/c1-3-10-19(4-2)27(20-11-6-5-7-12-20)28(34)33-18-22(16-26(33)29(35)36)32-14-9-8-13-21-15-23(30)24(31)17-25(21)32/h3-7,10-12,15,17,22,26-27H,8-9,13-14,16,18H2,1-2H3,(H,35,36)/b10-3-,19-4+. The fourth-order valence-electron chi connectivity index (χ4n) is 5.50. The van der Waals surface area contributed by atoms with Crippen LogP contribution in [0.2, 0.25) is 0 Å². The topological polar surface area (TPSA) is 60.9 Å². The number of aryl methyl sites for hydroxylation is 1. The number of fused-ring (bicyclic) bond motifs is 1. The summed E-state index contributed by atoms with van der Waals surface area (Å²) in [5.74, 6) is -3.78. The minimum absolute atomic E-state index is 0.199. The molecule has 2 aromatic carbocycles. The van der Waals surface area contributed by atoms with E-state index in [2.05, 4.69) is 0 Å². The molecule has 1 N–H and O–H groups in total. The van der Waals surface area contributed by atoms with E-state index < -0.39 is 29.6 Å². The summed E-state index contributed by atoms with van der Waals surface area (Å²) in [6.45, 7) is 4.53. The van der Waals surface area contributed by atoms with Gasteiger partial charge in [0.15, 0.2) is 11.6 Å². The number of nitrogens with zero attached hydrogens (tertiary/aromatic N) is 2. The highest BCUT2D eigenvalue weighted by molar-refractivity contribution is 5.92. The van der Waals surface area contributed by atoms with Gasteiger partial charge in [0.1, 0.15) is 6.04 Å². The molecule has 2 aliphatic rings. The molecule has 3 atom stereocenters. The third-order valence-corrected chi connectivity index (χ3v) is 7.22. The Kier molecular flexibility index (Phi) is 7.87. The average molecular weight is 495 g/mol. The van der Waals surface area contributed by atoms with E-state index in [0.717, 1.165) is 29.5 Å². The summed E-state index contributed by atoms with van der Waals surface area (Å²) in [4.78, 5) is 29.8. The summed E-state index contributed by atoms with van der Waals surface area (Å²) in [6.07, 6.45) is 8.11. The highest BCUT2D eigenvalue weighted by Gasteiger charge is 2.44. The Hall–Kier alpha value is -3.48. The first kappa shape index (κ1) is 25.6. The van der Waals surface area contributed by atoms with E-state index in [1.165, 1.54) is 17.0 Å². The molecular formula is C29H32F2N2O3. The predicted molar refractivity (Wildman–Crippen MR) is 136 cm³/mol. The lowest BCUT2D eigenvalue weighted by molar-refractivity contribution is -0.148. The normalized spacial score (nSPS) is 21.4. The number of halogens is 2. The number of carboxylic acid groups (broad SMARTS) is 1. The van der Waals surface area contributed by atoms with Crippen LogP contribution in [0, 0.1) is 11.6 Å². The van der Waals surface area contributed by atoms with Gasteiger partial charge >= 0.3 is 5.97 Å². The largest absolute Gasteiger partial charge is 0.480 e. The van der Waals surface area contributed by atoms with Gasteiger partial charge in [-0.1, -0.05) is 48.6 Å². The van der Waals surface area contributed by atoms with Crippen LogP contribution in [-0.2, 0) is 16.0 Å². The Morgan fingerprint density at radius 1 is 1.08 bits per heavy atom. The molecule has 2 aromatic rings. The first-order valence-corrected chi connectivity index (χ1v) is 12.5. The number of anilines is 1. The van der Waals surface area contributed by atoms with Crippen LogP contribution in [0.4, 0.5) is 14.5 Å². The van der Waals surface area contributed by atoms with Crippen molar-refractivity contribution in [1.29, 1.82) is 0 Å². The number of rotatable bonds is 6. The molecular weight excluding hydrogens is 462 g/mol. The SMILES string of the molecule is C/C=C\C(=C/C)C(C(=O)N1CC(N2CCCCc3cc(F)c(F)cc32)CC1C(=O)O)c1ccccc1. The molecule has 0 aromatic heterocycles. The van der Waals surface area contributed by atoms with Crippen molar-refractivity contribution in [2.45, 2.75) is 57.5 Å². The highest BCUT2D eigenvalue weighted by Crippen LogP contribution is 2.36. The van der Waals surface area contributed by atoms with E-state index in [0.29, 0.717) is 18.7 Å². The van der Waals surface area contributed by atoms with Gasteiger partial charge in [-0.25, -0.2) is 13.6 Å². The molecule has 0 aliphatic carbocycles. The number of carboxylic acids is 1. The van der Waals surface area contributed by atoms with Crippen LogP contribution in [0.5, 0.6) is 0 Å². The quantitative estimate of drug-likeness (QED) is 0.541. The predicted octanol–water partition coefficient (Wildman–Crippen LogP) is 5.47. The minimum Gasteiger partial charge on any atom is -0.480 e. The molecule has 1 saturated heterocycles. The van der Waals surface area contributed by atoms with Crippen LogP contribution in [0.3, 0.4) is 0 Å². The molecule has 4 rings (SSSR count). The molecule has 7 heteroatoms. The molecule has 0 bridgehead atoms. The molecule has 0 spiro atoms. The molecule has 1 fully saturated rings. The second kappa shape index (κ2) is 11.1. The van der Waals surface area contributed by atoms with Gasteiger partial charge < -0.3 is 14.9 Å².